The number of amides is 1. The number of benzene rings is 2. The first-order valence-electron chi connectivity index (χ1n) is 9.91. The summed E-state index contributed by atoms with van der Waals surface area (Å²) in [5.41, 5.74) is 1.34. The Balaban J connectivity index is 1.89. The molecule has 0 aromatic heterocycles. The second-order valence-electron chi connectivity index (χ2n) is 7.33. The Morgan fingerprint density at radius 3 is 2.31 bits per heavy atom. The molecule has 7 heteroatoms. The zero-order valence-corrected chi connectivity index (χ0v) is 17.8. The minimum Gasteiger partial charge on any atom is -0.495 e. The second-order valence-corrected chi connectivity index (χ2v) is 9.24. The normalized spacial score (nSPS) is 15.5. The van der Waals surface area contributed by atoms with Crippen LogP contribution < -0.4 is 4.74 Å². The highest BCUT2D eigenvalue weighted by molar-refractivity contribution is 7.89. The van der Waals surface area contributed by atoms with Crippen LogP contribution in [0, 0.1) is 0 Å². The van der Waals surface area contributed by atoms with Gasteiger partial charge in [0.15, 0.2) is 0 Å². The van der Waals surface area contributed by atoms with E-state index in [0.717, 1.165) is 31.2 Å². The zero-order chi connectivity index (χ0) is 20.9. The Kier molecular flexibility index (Phi) is 6.92. The Morgan fingerprint density at radius 2 is 1.69 bits per heavy atom. The van der Waals surface area contributed by atoms with Gasteiger partial charge in [-0.2, -0.15) is 4.31 Å². The number of rotatable bonds is 6. The third-order valence-electron chi connectivity index (χ3n) is 5.20. The largest absolute Gasteiger partial charge is 0.495 e. The summed E-state index contributed by atoms with van der Waals surface area (Å²) in [5, 5.41) is 0. The van der Waals surface area contributed by atoms with Crippen LogP contribution in [-0.2, 0) is 16.6 Å². The van der Waals surface area contributed by atoms with Crippen LogP contribution in [0.15, 0.2) is 53.4 Å². The summed E-state index contributed by atoms with van der Waals surface area (Å²) in [5.74, 6) is 0.0281. The molecule has 0 saturated carbocycles. The van der Waals surface area contributed by atoms with Gasteiger partial charge in [0.2, 0.25) is 10.0 Å². The summed E-state index contributed by atoms with van der Waals surface area (Å²) in [6, 6.07) is 14.3. The van der Waals surface area contributed by atoms with E-state index in [1.54, 1.807) is 24.1 Å². The summed E-state index contributed by atoms with van der Waals surface area (Å²) >= 11 is 0. The standard InChI is InChI=1S/C22H28N2O4S/c1-23(17-18-10-6-5-7-11-18)22(25)19-12-13-20(28-2)21(16-19)29(26,27)24-14-8-3-4-9-15-24/h5-7,10-13,16H,3-4,8-9,14-15,17H2,1-2H3. The van der Waals surface area contributed by atoms with Crippen molar-refractivity contribution in [3.63, 3.8) is 0 Å². The maximum Gasteiger partial charge on any atom is 0.253 e. The average molecular weight is 417 g/mol. The average Bonchev–Trinajstić information content (AvgIpc) is 3.03. The van der Waals surface area contributed by atoms with Crippen LogP contribution in [0.3, 0.4) is 0 Å². The molecule has 0 N–H and O–H groups in total. The van der Waals surface area contributed by atoms with E-state index >= 15 is 0 Å². The molecule has 1 aliphatic heterocycles. The van der Waals surface area contributed by atoms with Crippen molar-refractivity contribution in [1.82, 2.24) is 9.21 Å². The van der Waals surface area contributed by atoms with Gasteiger partial charge in [-0.3, -0.25) is 4.79 Å². The summed E-state index contributed by atoms with van der Waals surface area (Å²) in [7, 11) is -0.576. The van der Waals surface area contributed by atoms with Crippen LogP contribution >= 0.6 is 0 Å². The van der Waals surface area contributed by atoms with Gasteiger partial charge in [0, 0.05) is 32.2 Å². The van der Waals surface area contributed by atoms with Crippen molar-refractivity contribution in [2.24, 2.45) is 0 Å². The molecule has 0 spiro atoms. The molecule has 2 aromatic carbocycles. The molecule has 1 heterocycles. The maximum absolute atomic E-state index is 13.3. The lowest BCUT2D eigenvalue weighted by atomic mass is 10.1. The third-order valence-corrected chi connectivity index (χ3v) is 7.12. The molecule has 29 heavy (non-hydrogen) atoms. The Hall–Kier alpha value is -2.38. The molecule has 0 bridgehead atoms. The van der Waals surface area contributed by atoms with E-state index < -0.39 is 10.0 Å². The van der Waals surface area contributed by atoms with Crippen molar-refractivity contribution in [3.05, 3.63) is 59.7 Å². The first-order chi connectivity index (χ1) is 13.9. The molecule has 1 saturated heterocycles. The van der Waals surface area contributed by atoms with Crippen molar-refractivity contribution in [1.29, 1.82) is 0 Å². The lowest BCUT2D eigenvalue weighted by molar-refractivity contribution is 0.0785. The van der Waals surface area contributed by atoms with Crippen LogP contribution in [0.4, 0.5) is 0 Å². The minimum atomic E-state index is -3.73. The summed E-state index contributed by atoms with van der Waals surface area (Å²) < 4.78 is 33.4. The topological polar surface area (TPSA) is 66.9 Å². The van der Waals surface area contributed by atoms with E-state index in [2.05, 4.69) is 0 Å². The number of hydrogen-bond donors (Lipinski definition) is 0. The van der Waals surface area contributed by atoms with Gasteiger partial charge in [0.25, 0.3) is 5.91 Å². The molecule has 6 nitrogen and oxygen atoms in total. The molecule has 0 atom stereocenters. The number of carbonyl (C=O) groups excluding carboxylic acids is 1. The molecule has 1 aliphatic rings. The molecule has 0 unspecified atom stereocenters. The molecule has 3 rings (SSSR count). The smallest absolute Gasteiger partial charge is 0.253 e. The predicted octanol–water partition coefficient (Wildman–Crippen LogP) is 3.53. The van der Waals surface area contributed by atoms with E-state index in [4.69, 9.17) is 4.74 Å². The zero-order valence-electron chi connectivity index (χ0n) is 17.0. The van der Waals surface area contributed by atoms with E-state index in [0.29, 0.717) is 25.2 Å². The number of methoxy groups -OCH3 is 1. The van der Waals surface area contributed by atoms with Gasteiger partial charge in [-0.05, 0) is 36.6 Å². The Morgan fingerprint density at radius 1 is 1.03 bits per heavy atom. The summed E-state index contributed by atoms with van der Waals surface area (Å²) in [4.78, 5) is 14.6. The fourth-order valence-corrected chi connectivity index (χ4v) is 5.28. The molecule has 0 radical (unpaired) electrons. The van der Waals surface area contributed by atoms with Crippen molar-refractivity contribution in [2.45, 2.75) is 37.1 Å². The second kappa shape index (κ2) is 9.41. The van der Waals surface area contributed by atoms with Gasteiger partial charge in [-0.15, -0.1) is 0 Å². The molecular formula is C22H28N2O4S. The van der Waals surface area contributed by atoms with E-state index in [9.17, 15) is 13.2 Å². The van der Waals surface area contributed by atoms with Gasteiger partial charge >= 0.3 is 0 Å². The monoisotopic (exact) mass is 416 g/mol. The molecule has 156 valence electrons. The van der Waals surface area contributed by atoms with Crippen molar-refractivity contribution < 1.29 is 17.9 Å². The Bertz CT molecular complexity index is 937. The third kappa shape index (κ3) is 4.97. The van der Waals surface area contributed by atoms with E-state index in [1.807, 2.05) is 30.3 Å². The van der Waals surface area contributed by atoms with Crippen LogP contribution in [0.2, 0.25) is 0 Å². The van der Waals surface area contributed by atoms with Crippen LogP contribution in [0.1, 0.15) is 41.6 Å². The Labute approximate surface area is 173 Å². The lowest BCUT2D eigenvalue weighted by Gasteiger charge is -2.22. The highest BCUT2D eigenvalue weighted by Crippen LogP contribution is 2.30. The number of nitrogens with zero attached hydrogens (tertiary/aromatic N) is 2. The van der Waals surface area contributed by atoms with Crippen molar-refractivity contribution in [2.75, 3.05) is 27.2 Å². The molecular weight excluding hydrogens is 388 g/mol. The fraction of sp³-hybridized carbons (Fsp3) is 0.409. The molecule has 1 fully saturated rings. The number of hydrogen-bond acceptors (Lipinski definition) is 4. The number of carbonyl (C=O) groups is 1. The van der Waals surface area contributed by atoms with Crippen LogP contribution in [0.25, 0.3) is 0 Å². The maximum atomic E-state index is 13.3. The minimum absolute atomic E-state index is 0.0564. The first kappa shape index (κ1) is 21.3. The highest BCUT2D eigenvalue weighted by Gasteiger charge is 2.29. The highest BCUT2D eigenvalue weighted by atomic mass is 32.2. The lowest BCUT2D eigenvalue weighted by Crippen LogP contribution is -2.32. The SMILES string of the molecule is COc1ccc(C(=O)N(C)Cc2ccccc2)cc1S(=O)(=O)N1CCCCCC1. The van der Waals surface area contributed by atoms with Gasteiger partial charge in [-0.1, -0.05) is 43.2 Å². The predicted molar refractivity (Wildman–Crippen MR) is 112 cm³/mol. The summed E-state index contributed by atoms with van der Waals surface area (Å²) in [6.45, 7) is 1.44. The number of sulfonamides is 1. The fourth-order valence-electron chi connectivity index (χ4n) is 3.58. The van der Waals surface area contributed by atoms with Crippen LogP contribution in [-0.4, -0.2) is 50.8 Å². The van der Waals surface area contributed by atoms with Crippen molar-refractivity contribution in [3.8, 4) is 5.75 Å². The van der Waals surface area contributed by atoms with Crippen LogP contribution in [0.5, 0.6) is 5.75 Å². The molecule has 2 aromatic rings. The van der Waals surface area contributed by atoms with Gasteiger partial charge < -0.3 is 9.64 Å². The van der Waals surface area contributed by atoms with E-state index in [-0.39, 0.29) is 16.6 Å². The van der Waals surface area contributed by atoms with Gasteiger partial charge in [-0.25, -0.2) is 8.42 Å². The number of ether oxygens (including phenoxy) is 1. The quantitative estimate of drug-likeness (QED) is 0.723. The summed E-state index contributed by atoms with van der Waals surface area (Å²) in [6.07, 6.45) is 3.76. The molecule has 0 aliphatic carbocycles. The van der Waals surface area contributed by atoms with Gasteiger partial charge in [0.05, 0.1) is 7.11 Å². The van der Waals surface area contributed by atoms with Crippen molar-refractivity contribution >= 4 is 15.9 Å². The molecule has 1 amide bonds. The van der Waals surface area contributed by atoms with E-state index in [1.165, 1.54) is 17.5 Å². The first-order valence-corrected chi connectivity index (χ1v) is 11.3. The van der Waals surface area contributed by atoms with Gasteiger partial charge in [0.1, 0.15) is 10.6 Å².